The summed E-state index contributed by atoms with van der Waals surface area (Å²) in [5, 5.41) is 0. The molecule has 1 heterocycles. The predicted octanol–water partition coefficient (Wildman–Crippen LogP) is -0.207. The van der Waals surface area contributed by atoms with Gasteiger partial charge in [-0.25, -0.2) is 19.6 Å². The molecule has 1 aliphatic heterocycles. The van der Waals surface area contributed by atoms with Gasteiger partial charge in [0.25, 0.3) is 5.92 Å². The molecule has 2 unspecified atom stereocenters. The van der Waals surface area contributed by atoms with Crippen molar-refractivity contribution in [2.45, 2.75) is 31.5 Å². The molecule has 60 valence electrons. The Hall–Kier alpha value is -0.260. The highest BCUT2D eigenvalue weighted by Gasteiger charge is 2.38. The number of rotatable bonds is 1. The molecule has 0 aromatic rings. The zero-order valence-electron chi connectivity index (χ0n) is 5.70. The van der Waals surface area contributed by atoms with E-state index >= 15 is 0 Å². The zero-order chi connectivity index (χ0) is 7.78. The lowest BCUT2D eigenvalue weighted by atomic mass is 10.1. The van der Waals surface area contributed by atoms with E-state index in [0.717, 1.165) is 6.92 Å². The van der Waals surface area contributed by atoms with Crippen LogP contribution in [0.3, 0.4) is 0 Å². The van der Waals surface area contributed by atoms with E-state index in [1.54, 1.807) is 0 Å². The summed E-state index contributed by atoms with van der Waals surface area (Å²) < 4.78 is 24.9. The van der Waals surface area contributed by atoms with Gasteiger partial charge in [-0.15, -0.1) is 0 Å². The van der Waals surface area contributed by atoms with E-state index in [2.05, 4.69) is 10.9 Å². The van der Waals surface area contributed by atoms with E-state index in [0.29, 0.717) is 0 Å². The van der Waals surface area contributed by atoms with Crippen LogP contribution >= 0.6 is 0 Å². The summed E-state index contributed by atoms with van der Waals surface area (Å²) in [5.74, 6) is -2.69. The van der Waals surface area contributed by atoms with Gasteiger partial charge in [0, 0.05) is 6.92 Å². The number of nitrogens with two attached hydrogens (primary N) is 1. The molecule has 10 heavy (non-hydrogen) atoms. The van der Waals surface area contributed by atoms with E-state index in [9.17, 15) is 8.78 Å². The first-order valence-electron chi connectivity index (χ1n) is 3.14. The van der Waals surface area contributed by atoms with E-state index in [1.807, 2.05) is 0 Å². The highest BCUT2D eigenvalue weighted by Crippen LogP contribution is 2.21. The molecule has 1 saturated heterocycles. The summed E-state index contributed by atoms with van der Waals surface area (Å²) >= 11 is 0. The van der Waals surface area contributed by atoms with E-state index in [-0.39, 0.29) is 12.6 Å². The number of halogens is 2. The Morgan fingerprint density at radius 2 is 2.10 bits per heavy atom. The minimum Gasteiger partial charge on any atom is -0.315 e. The SMILES string of the molecule is CC(F)(F)C1CC(N)NN1. The average Bonchev–Trinajstić information content (AvgIpc) is 2.11. The van der Waals surface area contributed by atoms with Crippen LogP contribution in [0.15, 0.2) is 0 Å². The lowest BCUT2D eigenvalue weighted by Gasteiger charge is -2.16. The van der Waals surface area contributed by atoms with Gasteiger partial charge in [-0.2, -0.15) is 0 Å². The van der Waals surface area contributed by atoms with Crippen molar-refractivity contribution in [3.63, 3.8) is 0 Å². The minimum absolute atomic E-state index is 0.267. The Kier molecular flexibility index (Phi) is 1.89. The van der Waals surface area contributed by atoms with Crippen LogP contribution in [0, 0.1) is 0 Å². The molecular formula is C5H11F2N3. The first-order chi connectivity index (χ1) is 4.50. The molecule has 1 aliphatic rings. The first-order valence-corrected chi connectivity index (χ1v) is 3.14. The van der Waals surface area contributed by atoms with Crippen LogP contribution < -0.4 is 16.6 Å². The van der Waals surface area contributed by atoms with Crippen molar-refractivity contribution in [1.29, 1.82) is 0 Å². The molecule has 0 amide bonds. The van der Waals surface area contributed by atoms with Crippen molar-refractivity contribution in [3.05, 3.63) is 0 Å². The summed E-state index contributed by atoms with van der Waals surface area (Å²) in [4.78, 5) is 0. The molecule has 0 aromatic heterocycles. The fraction of sp³-hybridized carbons (Fsp3) is 1.00. The lowest BCUT2D eigenvalue weighted by molar-refractivity contribution is -0.0138. The summed E-state index contributed by atoms with van der Waals surface area (Å²) in [5.41, 5.74) is 10.3. The number of hydrogen-bond acceptors (Lipinski definition) is 3. The fourth-order valence-electron chi connectivity index (χ4n) is 0.913. The smallest absolute Gasteiger partial charge is 0.261 e. The Balaban J connectivity index is 2.45. The van der Waals surface area contributed by atoms with Gasteiger partial charge in [0.2, 0.25) is 0 Å². The van der Waals surface area contributed by atoms with Crippen LogP contribution in [-0.2, 0) is 0 Å². The fourth-order valence-corrected chi connectivity index (χ4v) is 0.913. The molecule has 2 atom stereocenters. The van der Waals surface area contributed by atoms with Gasteiger partial charge >= 0.3 is 0 Å². The lowest BCUT2D eigenvalue weighted by Crippen LogP contribution is -2.43. The third kappa shape index (κ3) is 1.62. The van der Waals surface area contributed by atoms with Gasteiger partial charge in [-0.1, -0.05) is 0 Å². The van der Waals surface area contributed by atoms with Crippen LogP contribution in [0.4, 0.5) is 8.78 Å². The number of hydrogen-bond donors (Lipinski definition) is 3. The Morgan fingerprint density at radius 3 is 2.30 bits per heavy atom. The quantitative estimate of drug-likeness (QED) is 0.486. The topological polar surface area (TPSA) is 50.1 Å². The predicted molar refractivity (Wildman–Crippen MR) is 33.3 cm³/mol. The normalized spacial score (nSPS) is 34.8. The molecule has 1 fully saturated rings. The molecule has 5 heteroatoms. The summed E-state index contributed by atoms with van der Waals surface area (Å²) in [7, 11) is 0. The highest BCUT2D eigenvalue weighted by molar-refractivity contribution is 4.86. The molecule has 0 aromatic carbocycles. The third-order valence-electron chi connectivity index (χ3n) is 1.54. The summed E-state index contributed by atoms with van der Waals surface area (Å²) in [6.07, 6.45) is -0.0837. The maximum atomic E-state index is 12.4. The van der Waals surface area contributed by atoms with Crippen molar-refractivity contribution >= 4 is 0 Å². The van der Waals surface area contributed by atoms with Crippen LogP contribution in [-0.4, -0.2) is 18.1 Å². The van der Waals surface area contributed by atoms with Crippen molar-refractivity contribution < 1.29 is 8.78 Å². The zero-order valence-corrected chi connectivity index (χ0v) is 5.70. The molecule has 3 nitrogen and oxygen atoms in total. The molecule has 4 N–H and O–H groups in total. The van der Waals surface area contributed by atoms with Crippen molar-refractivity contribution in [1.82, 2.24) is 10.9 Å². The van der Waals surface area contributed by atoms with Gasteiger partial charge in [0.1, 0.15) is 0 Å². The van der Waals surface area contributed by atoms with Crippen molar-refractivity contribution in [2.75, 3.05) is 0 Å². The van der Waals surface area contributed by atoms with E-state index in [1.165, 1.54) is 0 Å². The standard InChI is InChI=1S/C5H11F2N3/c1-5(6,7)3-2-4(8)10-9-3/h3-4,9-10H,2,8H2,1H3. The van der Waals surface area contributed by atoms with Crippen molar-refractivity contribution in [2.24, 2.45) is 5.73 Å². The maximum Gasteiger partial charge on any atom is 0.261 e. The maximum absolute atomic E-state index is 12.4. The Bertz CT molecular complexity index is 123. The van der Waals surface area contributed by atoms with Gasteiger partial charge in [0.15, 0.2) is 0 Å². The van der Waals surface area contributed by atoms with Crippen LogP contribution in [0.1, 0.15) is 13.3 Å². The van der Waals surface area contributed by atoms with Crippen LogP contribution in [0.5, 0.6) is 0 Å². The van der Waals surface area contributed by atoms with Gasteiger partial charge in [0.05, 0.1) is 12.2 Å². The first kappa shape index (κ1) is 7.84. The van der Waals surface area contributed by atoms with Crippen LogP contribution in [0.25, 0.3) is 0 Å². The number of hydrazine groups is 1. The molecule has 0 saturated carbocycles. The van der Waals surface area contributed by atoms with E-state index < -0.39 is 12.0 Å². The number of alkyl halides is 2. The Morgan fingerprint density at radius 1 is 1.50 bits per heavy atom. The number of nitrogens with one attached hydrogen (secondary N) is 2. The average molecular weight is 151 g/mol. The monoisotopic (exact) mass is 151 g/mol. The van der Waals surface area contributed by atoms with Crippen LogP contribution in [0.2, 0.25) is 0 Å². The van der Waals surface area contributed by atoms with E-state index in [4.69, 9.17) is 5.73 Å². The van der Waals surface area contributed by atoms with Gasteiger partial charge < -0.3 is 5.73 Å². The van der Waals surface area contributed by atoms with Gasteiger partial charge in [-0.05, 0) is 6.42 Å². The molecule has 0 aliphatic carbocycles. The highest BCUT2D eigenvalue weighted by atomic mass is 19.3. The third-order valence-corrected chi connectivity index (χ3v) is 1.54. The molecular weight excluding hydrogens is 140 g/mol. The second-order valence-corrected chi connectivity index (χ2v) is 2.64. The molecule has 0 spiro atoms. The summed E-state index contributed by atoms with van der Waals surface area (Å²) in [6.45, 7) is 0.879. The summed E-state index contributed by atoms with van der Waals surface area (Å²) in [6, 6.07) is -0.831. The second kappa shape index (κ2) is 2.41. The molecule has 0 bridgehead atoms. The van der Waals surface area contributed by atoms with Gasteiger partial charge in [-0.3, -0.25) is 0 Å². The molecule has 0 radical (unpaired) electrons. The Labute approximate surface area is 57.9 Å². The largest absolute Gasteiger partial charge is 0.315 e. The minimum atomic E-state index is -2.69. The van der Waals surface area contributed by atoms with Crippen molar-refractivity contribution in [3.8, 4) is 0 Å². The second-order valence-electron chi connectivity index (χ2n) is 2.64. The molecule has 1 rings (SSSR count).